The summed E-state index contributed by atoms with van der Waals surface area (Å²) in [5.74, 6) is 2.38. The van der Waals surface area contributed by atoms with E-state index in [0.717, 1.165) is 12.8 Å². The van der Waals surface area contributed by atoms with Gasteiger partial charge in [0.25, 0.3) is 0 Å². The maximum atomic E-state index is 13.4. The molecule has 0 aliphatic rings. The van der Waals surface area contributed by atoms with Crippen LogP contribution in [0.4, 0.5) is 4.39 Å². The van der Waals surface area contributed by atoms with E-state index in [1.165, 1.54) is 12.1 Å². The molecule has 0 fully saturated rings. The fourth-order valence-corrected chi connectivity index (χ4v) is 1.64. The Bertz CT molecular complexity index is 384. The summed E-state index contributed by atoms with van der Waals surface area (Å²) in [6.45, 7) is 2.47. The molecule has 0 spiro atoms. The Hall–Kier alpha value is -1.04. The first-order valence-electron chi connectivity index (χ1n) is 5.30. The van der Waals surface area contributed by atoms with Crippen molar-refractivity contribution in [2.75, 3.05) is 0 Å². The second-order valence-electron chi connectivity index (χ2n) is 3.62. The zero-order valence-corrected chi connectivity index (χ0v) is 10.0. The number of nitrogens with one attached hydrogen (secondary N) is 1. The zero-order valence-electron chi connectivity index (χ0n) is 9.26. The summed E-state index contributed by atoms with van der Waals surface area (Å²) in [6.07, 6.45) is 7.25. The van der Waals surface area contributed by atoms with Gasteiger partial charge in [0.2, 0.25) is 0 Å². The lowest BCUT2D eigenvalue weighted by atomic mass is 10.1. The largest absolute Gasteiger partial charge is 0.299 e. The standard InChI is InChI=1S/C13H15ClFN/c1-3-5-12(4-2)16-9-10-8-11(14)6-7-13(10)15/h2,6-8,12,16H,3,5,9H2,1H3. The lowest BCUT2D eigenvalue weighted by molar-refractivity contribution is 0.539. The molecule has 3 heteroatoms. The lowest BCUT2D eigenvalue weighted by Gasteiger charge is -2.12. The quantitative estimate of drug-likeness (QED) is 0.777. The minimum absolute atomic E-state index is 0.0108. The van der Waals surface area contributed by atoms with E-state index in [-0.39, 0.29) is 11.9 Å². The first-order chi connectivity index (χ1) is 7.67. The summed E-state index contributed by atoms with van der Waals surface area (Å²) in [6, 6.07) is 4.50. The van der Waals surface area contributed by atoms with Gasteiger partial charge in [0.05, 0.1) is 6.04 Å². The van der Waals surface area contributed by atoms with Crippen molar-refractivity contribution in [1.82, 2.24) is 5.32 Å². The Balaban J connectivity index is 2.60. The topological polar surface area (TPSA) is 12.0 Å². The van der Waals surface area contributed by atoms with Gasteiger partial charge in [-0.25, -0.2) is 4.39 Å². The first-order valence-corrected chi connectivity index (χ1v) is 5.68. The molecule has 1 nitrogen and oxygen atoms in total. The van der Waals surface area contributed by atoms with Gasteiger partial charge in [0.1, 0.15) is 5.82 Å². The fourth-order valence-electron chi connectivity index (χ4n) is 1.44. The molecule has 1 aromatic rings. The summed E-state index contributed by atoms with van der Waals surface area (Å²) >= 11 is 5.79. The molecule has 1 aromatic carbocycles. The third-order valence-electron chi connectivity index (χ3n) is 2.33. The van der Waals surface area contributed by atoms with E-state index in [1.807, 2.05) is 0 Å². The van der Waals surface area contributed by atoms with Gasteiger partial charge >= 0.3 is 0 Å². The van der Waals surface area contributed by atoms with Crippen LogP contribution in [0, 0.1) is 18.2 Å². The SMILES string of the molecule is C#CC(CCC)NCc1cc(Cl)ccc1F. The molecule has 0 aromatic heterocycles. The minimum atomic E-state index is -0.260. The van der Waals surface area contributed by atoms with Crippen LogP contribution in [0.15, 0.2) is 18.2 Å². The van der Waals surface area contributed by atoms with Gasteiger partial charge in [-0.2, -0.15) is 0 Å². The summed E-state index contributed by atoms with van der Waals surface area (Å²) in [5.41, 5.74) is 0.545. The Labute approximate surface area is 101 Å². The number of rotatable bonds is 5. The molecule has 86 valence electrons. The second kappa shape index (κ2) is 6.52. The first kappa shape index (κ1) is 13.0. The molecule has 0 aliphatic heterocycles. The van der Waals surface area contributed by atoms with Gasteiger partial charge in [0.15, 0.2) is 0 Å². The van der Waals surface area contributed by atoms with E-state index in [1.54, 1.807) is 6.07 Å². The molecule has 0 amide bonds. The van der Waals surface area contributed by atoms with E-state index >= 15 is 0 Å². The highest BCUT2D eigenvalue weighted by Gasteiger charge is 2.06. The molecule has 0 bridgehead atoms. The normalized spacial score (nSPS) is 12.1. The molecule has 1 unspecified atom stereocenters. The molecule has 0 aliphatic carbocycles. The Kier molecular flexibility index (Phi) is 5.31. The van der Waals surface area contributed by atoms with E-state index in [9.17, 15) is 4.39 Å². The van der Waals surface area contributed by atoms with E-state index in [2.05, 4.69) is 18.2 Å². The number of halogens is 2. The molecule has 0 radical (unpaired) electrons. The number of hydrogen-bond donors (Lipinski definition) is 1. The van der Waals surface area contributed by atoms with Crippen LogP contribution >= 0.6 is 11.6 Å². The van der Waals surface area contributed by atoms with Crippen LogP contribution in [0.1, 0.15) is 25.3 Å². The minimum Gasteiger partial charge on any atom is -0.299 e. The number of hydrogen-bond acceptors (Lipinski definition) is 1. The molecule has 1 atom stereocenters. The van der Waals surface area contributed by atoms with E-state index in [4.69, 9.17) is 18.0 Å². The highest BCUT2D eigenvalue weighted by atomic mass is 35.5. The predicted molar refractivity (Wildman–Crippen MR) is 65.8 cm³/mol. The average Bonchev–Trinajstić information content (AvgIpc) is 2.28. The van der Waals surface area contributed by atoms with Crippen molar-refractivity contribution in [3.63, 3.8) is 0 Å². The Morgan fingerprint density at radius 1 is 1.56 bits per heavy atom. The lowest BCUT2D eigenvalue weighted by Crippen LogP contribution is -2.27. The maximum absolute atomic E-state index is 13.4. The fraction of sp³-hybridized carbons (Fsp3) is 0.385. The van der Waals surface area contributed by atoms with Crippen molar-refractivity contribution >= 4 is 11.6 Å². The third-order valence-corrected chi connectivity index (χ3v) is 2.56. The highest BCUT2D eigenvalue weighted by Crippen LogP contribution is 2.14. The van der Waals surface area contributed by atoms with Gasteiger partial charge < -0.3 is 0 Å². The second-order valence-corrected chi connectivity index (χ2v) is 4.06. The van der Waals surface area contributed by atoms with E-state index in [0.29, 0.717) is 17.1 Å². The Morgan fingerprint density at radius 2 is 2.31 bits per heavy atom. The maximum Gasteiger partial charge on any atom is 0.127 e. The van der Waals surface area contributed by atoms with E-state index < -0.39 is 0 Å². The average molecular weight is 240 g/mol. The zero-order chi connectivity index (χ0) is 12.0. The highest BCUT2D eigenvalue weighted by molar-refractivity contribution is 6.30. The molecule has 0 heterocycles. The van der Waals surface area contributed by atoms with Gasteiger partial charge in [-0.05, 0) is 24.6 Å². The number of terminal acetylenes is 1. The summed E-state index contributed by atoms with van der Waals surface area (Å²) < 4.78 is 13.4. The van der Waals surface area contributed by atoms with Gasteiger partial charge in [-0.15, -0.1) is 6.42 Å². The molecule has 0 saturated heterocycles. The third kappa shape index (κ3) is 3.84. The van der Waals surface area contributed by atoms with Gasteiger partial charge in [0, 0.05) is 17.1 Å². The van der Waals surface area contributed by atoms with Crippen molar-refractivity contribution in [2.24, 2.45) is 0 Å². The van der Waals surface area contributed by atoms with Crippen LogP contribution in [-0.4, -0.2) is 6.04 Å². The van der Waals surface area contributed by atoms with Crippen molar-refractivity contribution in [2.45, 2.75) is 32.4 Å². The predicted octanol–water partition coefficient (Wildman–Crippen LogP) is 3.37. The van der Waals surface area contributed by atoms with Gasteiger partial charge in [-0.1, -0.05) is 30.9 Å². The number of benzene rings is 1. The van der Waals surface area contributed by atoms with Crippen LogP contribution in [0.2, 0.25) is 5.02 Å². The van der Waals surface area contributed by atoms with Crippen LogP contribution < -0.4 is 5.32 Å². The van der Waals surface area contributed by atoms with Crippen LogP contribution in [0.3, 0.4) is 0 Å². The molecular weight excluding hydrogens is 225 g/mol. The molecule has 1 N–H and O–H groups in total. The molecular formula is C13H15ClFN. The van der Waals surface area contributed by atoms with Crippen molar-refractivity contribution in [3.05, 3.63) is 34.6 Å². The molecule has 16 heavy (non-hydrogen) atoms. The summed E-state index contributed by atoms with van der Waals surface area (Å²) in [4.78, 5) is 0. The molecule has 1 rings (SSSR count). The van der Waals surface area contributed by atoms with Crippen LogP contribution in [-0.2, 0) is 6.54 Å². The van der Waals surface area contributed by atoms with Crippen LogP contribution in [0.5, 0.6) is 0 Å². The summed E-state index contributed by atoms with van der Waals surface area (Å²) in [5, 5.41) is 3.65. The summed E-state index contributed by atoms with van der Waals surface area (Å²) in [7, 11) is 0. The van der Waals surface area contributed by atoms with Crippen molar-refractivity contribution in [3.8, 4) is 12.3 Å². The monoisotopic (exact) mass is 239 g/mol. The molecule has 0 saturated carbocycles. The van der Waals surface area contributed by atoms with Crippen LogP contribution in [0.25, 0.3) is 0 Å². The smallest absolute Gasteiger partial charge is 0.127 e. The van der Waals surface area contributed by atoms with Crippen molar-refractivity contribution < 1.29 is 4.39 Å². The van der Waals surface area contributed by atoms with Gasteiger partial charge in [-0.3, -0.25) is 5.32 Å². The Morgan fingerprint density at radius 3 is 2.94 bits per heavy atom. The van der Waals surface area contributed by atoms with Crippen molar-refractivity contribution in [1.29, 1.82) is 0 Å².